The highest BCUT2D eigenvalue weighted by Gasteiger charge is 2.23. The topological polar surface area (TPSA) is 106 Å². The number of nitrogens with one attached hydrogen (secondary N) is 3. The van der Waals surface area contributed by atoms with Gasteiger partial charge in [0.1, 0.15) is 11.5 Å². The number of imide groups is 1. The minimum atomic E-state index is -0.616. The van der Waals surface area contributed by atoms with Crippen molar-refractivity contribution in [3.05, 3.63) is 58.5 Å². The van der Waals surface area contributed by atoms with Gasteiger partial charge in [-0.05, 0) is 55.0 Å². The largest absolute Gasteiger partial charge is 0.490 e. The number of anilines is 1. The number of ether oxygens (including phenoxy) is 2. The molecule has 1 saturated heterocycles. The van der Waals surface area contributed by atoms with E-state index in [0.717, 1.165) is 0 Å². The van der Waals surface area contributed by atoms with Crippen LogP contribution in [0.25, 0.3) is 6.08 Å². The highest BCUT2D eigenvalue weighted by Crippen LogP contribution is 2.37. The van der Waals surface area contributed by atoms with Crippen molar-refractivity contribution in [2.24, 2.45) is 0 Å². The molecule has 1 aliphatic heterocycles. The predicted octanol–water partition coefficient (Wildman–Crippen LogP) is 3.08. The third kappa shape index (κ3) is 5.26. The van der Waals surface area contributed by atoms with E-state index in [9.17, 15) is 18.8 Å². The van der Waals surface area contributed by atoms with Gasteiger partial charge in [-0.15, -0.1) is 0 Å². The molecule has 0 bridgehead atoms. The first kappa shape index (κ1) is 21.1. The van der Waals surface area contributed by atoms with E-state index < -0.39 is 23.7 Å². The fourth-order valence-electron chi connectivity index (χ4n) is 2.59. The van der Waals surface area contributed by atoms with Gasteiger partial charge in [-0.3, -0.25) is 14.9 Å². The zero-order valence-corrected chi connectivity index (χ0v) is 16.5. The maximum Gasteiger partial charge on any atom is 0.326 e. The van der Waals surface area contributed by atoms with Gasteiger partial charge in [0.25, 0.3) is 11.8 Å². The Bertz CT molecular complexity index is 1020. The van der Waals surface area contributed by atoms with Gasteiger partial charge in [0.15, 0.2) is 18.1 Å². The summed E-state index contributed by atoms with van der Waals surface area (Å²) < 4.78 is 24.0. The zero-order valence-electron chi connectivity index (χ0n) is 15.8. The quantitative estimate of drug-likeness (QED) is 0.459. The van der Waals surface area contributed by atoms with Gasteiger partial charge in [-0.2, -0.15) is 0 Å². The van der Waals surface area contributed by atoms with Gasteiger partial charge in [-0.25, -0.2) is 9.18 Å². The van der Waals surface area contributed by atoms with Crippen molar-refractivity contribution in [1.82, 2.24) is 10.6 Å². The number of urea groups is 1. The number of amides is 4. The number of halogens is 2. The smallest absolute Gasteiger partial charge is 0.326 e. The predicted molar refractivity (Wildman–Crippen MR) is 108 cm³/mol. The Morgan fingerprint density at radius 1 is 1.17 bits per heavy atom. The van der Waals surface area contributed by atoms with Crippen LogP contribution in [0, 0.1) is 5.82 Å². The molecule has 4 amide bonds. The monoisotopic (exact) mass is 433 g/mol. The van der Waals surface area contributed by atoms with Crippen molar-refractivity contribution in [3.63, 3.8) is 0 Å². The molecule has 2 aromatic carbocycles. The van der Waals surface area contributed by atoms with Gasteiger partial charge in [-0.1, -0.05) is 11.6 Å². The number of carbonyl (C=O) groups excluding carboxylic acids is 3. The lowest BCUT2D eigenvalue weighted by Gasteiger charge is -2.14. The second-order valence-corrected chi connectivity index (χ2v) is 6.48. The van der Waals surface area contributed by atoms with Gasteiger partial charge in [0.05, 0.1) is 11.6 Å². The van der Waals surface area contributed by atoms with E-state index in [1.807, 2.05) is 0 Å². The van der Waals surface area contributed by atoms with E-state index in [-0.39, 0.29) is 28.8 Å². The number of hydrogen-bond acceptors (Lipinski definition) is 5. The Morgan fingerprint density at radius 2 is 1.90 bits per heavy atom. The Morgan fingerprint density at radius 3 is 2.53 bits per heavy atom. The maximum absolute atomic E-state index is 12.9. The van der Waals surface area contributed by atoms with Gasteiger partial charge in [0.2, 0.25) is 0 Å². The highest BCUT2D eigenvalue weighted by atomic mass is 35.5. The van der Waals surface area contributed by atoms with Crippen molar-refractivity contribution >= 4 is 41.2 Å². The van der Waals surface area contributed by atoms with Crippen molar-refractivity contribution in [3.8, 4) is 11.5 Å². The van der Waals surface area contributed by atoms with Crippen molar-refractivity contribution < 1.29 is 28.2 Å². The second kappa shape index (κ2) is 9.27. The first-order valence-corrected chi connectivity index (χ1v) is 9.22. The molecule has 1 heterocycles. The Balaban J connectivity index is 1.74. The molecule has 156 valence electrons. The molecule has 0 spiro atoms. The number of hydrogen-bond donors (Lipinski definition) is 3. The van der Waals surface area contributed by atoms with Gasteiger partial charge < -0.3 is 20.1 Å². The third-order valence-corrected chi connectivity index (χ3v) is 4.12. The summed E-state index contributed by atoms with van der Waals surface area (Å²) in [4.78, 5) is 35.0. The van der Waals surface area contributed by atoms with Crippen LogP contribution in [0.5, 0.6) is 11.5 Å². The third-order valence-electron chi connectivity index (χ3n) is 3.84. The van der Waals surface area contributed by atoms with Crippen molar-refractivity contribution in [2.75, 3.05) is 18.5 Å². The van der Waals surface area contributed by atoms with Crippen LogP contribution in [-0.4, -0.2) is 31.1 Å². The summed E-state index contributed by atoms with van der Waals surface area (Å²) in [5.41, 5.74) is 0.963. The minimum absolute atomic E-state index is 0.0610. The van der Waals surface area contributed by atoms with Crippen LogP contribution >= 0.6 is 11.6 Å². The lowest BCUT2D eigenvalue weighted by Crippen LogP contribution is -2.22. The Kier molecular flexibility index (Phi) is 6.53. The van der Waals surface area contributed by atoms with E-state index in [4.69, 9.17) is 21.1 Å². The summed E-state index contributed by atoms with van der Waals surface area (Å²) in [6, 6.07) is 7.74. The number of rotatable bonds is 7. The molecule has 10 heteroatoms. The Hall–Kier alpha value is -3.59. The number of carbonyl (C=O) groups is 3. The molecule has 1 fully saturated rings. The molecule has 2 aromatic rings. The molecule has 8 nitrogen and oxygen atoms in total. The van der Waals surface area contributed by atoms with Crippen LogP contribution < -0.4 is 25.4 Å². The summed E-state index contributed by atoms with van der Waals surface area (Å²) in [6.45, 7) is 1.69. The standard InChI is InChI=1S/C20H17ClFN3O5/c1-2-29-16-9-11(8-15-19(27)25-20(28)24-15)7-14(21)18(16)30-10-17(26)23-13-5-3-12(22)4-6-13/h3-9H,2,10H2,1H3,(H,23,26)(H2,24,25,27,28)/b15-8+. The van der Waals surface area contributed by atoms with Crippen LogP contribution in [-0.2, 0) is 9.59 Å². The summed E-state index contributed by atoms with van der Waals surface area (Å²) >= 11 is 6.29. The molecule has 0 unspecified atom stereocenters. The molecule has 3 rings (SSSR count). The van der Waals surface area contributed by atoms with Crippen LogP contribution in [0.2, 0.25) is 5.02 Å². The fourth-order valence-corrected chi connectivity index (χ4v) is 2.87. The van der Waals surface area contributed by atoms with Crippen LogP contribution in [0.3, 0.4) is 0 Å². The van der Waals surface area contributed by atoms with Crippen LogP contribution in [0.1, 0.15) is 12.5 Å². The average Bonchev–Trinajstić information content (AvgIpc) is 3.00. The van der Waals surface area contributed by atoms with E-state index in [2.05, 4.69) is 16.0 Å². The second-order valence-electron chi connectivity index (χ2n) is 6.07. The average molecular weight is 434 g/mol. The molecular formula is C20H17ClFN3O5. The van der Waals surface area contributed by atoms with E-state index >= 15 is 0 Å². The molecule has 0 saturated carbocycles. The molecular weight excluding hydrogens is 417 g/mol. The normalized spacial score (nSPS) is 14.3. The number of benzene rings is 2. The zero-order chi connectivity index (χ0) is 21.7. The van der Waals surface area contributed by atoms with Gasteiger partial charge in [0, 0.05) is 5.69 Å². The SMILES string of the molecule is CCOc1cc(/C=C2/NC(=O)NC2=O)cc(Cl)c1OCC(=O)Nc1ccc(F)cc1. The van der Waals surface area contributed by atoms with Gasteiger partial charge >= 0.3 is 6.03 Å². The van der Waals surface area contributed by atoms with E-state index in [1.165, 1.54) is 36.4 Å². The molecule has 3 N–H and O–H groups in total. The highest BCUT2D eigenvalue weighted by molar-refractivity contribution is 6.32. The molecule has 0 atom stereocenters. The molecule has 0 aromatic heterocycles. The lowest BCUT2D eigenvalue weighted by atomic mass is 10.1. The van der Waals surface area contributed by atoms with Crippen molar-refractivity contribution in [2.45, 2.75) is 6.92 Å². The molecule has 1 aliphatic rings. The van der Waals surface area contributed by atoms with Crippen LogP contribution in [0.4, 0.5) is 14.9 Å². The first-order chi connectivity index (χ1) is 14.4. The van der Waals surface area contributed by atoms with Crippen molar-refractivity contribution in [1.29, 1.82) is 0 Å². The Labute approximate surface area is 176 Å². The maximum atomic E-state index is 12.9. The lowest BCUT2D eigenvalue weighted by molar-refractivity contribution is -0.118. The summed E-state index contributed by atoms with van der Waals surface area (Å²) in [6.07, 6.45) is 1.43. The summed E-state index contributed by atoms with van der Waals surface area (Å²) in [5, 5.41) is 7.19. The molecule has 0 radical (unpaired) electrons. The minimum Gasteiger partial charge on any atom is -0.490 e. The molecule has 0 aliphatic carbocycles. The fraction of sp³-hybridized carbons (Fsp3) is 0.150. The summed E-state index contributed by atoms with van der Waals surface area (Å²) in [5.74, 6) is -1.04. The van der Waals surface area contributed by atoms with E-state index in [1.54, 1.807) is 13.0 Å². The van der Waals surface area contributed by atoms with E-state index in [0.29, 0.717) is 17.9 Å². The first-order valence-electron chi connectivity index (χ1n) is 8.84. The summed E-state index contributed by atoms with van der Waals surface area (Å²) in [7, 11) is 0. The van der Waals surface area contributed by atoms with Crippen LogP contribution in [0.15, 0.2) is 42.1 Å². The molecule has 30 heavy (non-hydrogen) atoms.